The molecule has 0 bridgehead atoms. The number of benzene rings is 1. The highest BCUT2D eigenvalue weighted by molar-refractivity contribution is 6.00. The molecule has 242 valence electrons. The van der Waals surface area contributed by atoms with Crippen molar-refractivity contribution in [3.8, 4) is 23.3 Å². The number of ether oxygens (including phenoxy) is 1. The zero-order valence-electron chi connectivity index (χ0n) is 27.0. The molecule has 4 aromatic heterocycles. The number of hydrogen-bond donors (Lipinski definition) is 0. The minimum absolute atomic E-state index is 0.103. The molecule has 1 aromatic carbocycles. The first kappa shape index (κ1) is 28.1. The van der Waals surface area contributed by atoms with Crippen molar-refractivity contribution in [1.29, 1.82) is 5.26 Å². The molecule has 4 atom stereocenters. The van der Waals surface area contributed by atoms with Crippen molar-refractivity contribution < 1.29 is 9.53 Å². The molecule has 3 saturated carbocycles. The first-order valence-corrected chi connectivity index (χ1v) is 17.4. The lowest BCUT2D eigenvalue weighted by Crippen LogP contribution is -2.53. The number of rotatable bonds is 7. The summed E-state index contributed by atoms with van der Waals surface area (Å²) >= 11 is 0. The van der Waals surface area contributed by atoms with Crippen LogP contribution in [0.2, 0.25) is 0 Å². The molecule has 3 aliphatic carbocycles. The summed E-state index contributed by atoms with van der Waals surface area (Å²) in [5.41, 5.74) is 4.41. The maximum absolute atomic E-state index is 14.1. The summed E-state index contributed by atoms with van der Waals surface area (Å²) in [6.45, 7) is 3.33. The van der Waals surface area contributed by atoms with Gasteiger partial charge < -0.3 is 23.7 Å². The lowest BCUT2D eigenvalue weighted by atomic mass is 9.53. The highest BCUT2D eigenvalue weighted by Crippen LogP contribution is 2.61. The molecule has 0 spiro atoms. The Kier molecular flexibility index (Phi) is 6.15. The van der Waals surface area contributed by atoms with E-state index in [1.165, 1.54) is 19.3 Å². The van der Waals surface area contributed by atoms with Gasteiger partial charge >= 0.3 is 0 Å². The van der Waals surface area contributed by atoms with E-state index in [0.29, 0.717) is 35.1 Å². The van der Waals surface area contributed by atoms with E-state index in [-0.39, 0.29) is 17.8 Å². The SMILES string of the molecule is COc1cc(C(=O)N2CC3CC4CC2[C@H]43)cc2nc(-c3cc4cccnc4n3CC3CC3)n(C3CCN(c4ccnc(C#N)n4)CC3)c12. The van der Waals surface area contributed by atoms with Crippen LogP contribution >= 0.6 is 0 Å². The van der Waals surface area contributed by atoms with Crippen LogP contribution in [-0.2, 0) is 6.54 Å². The lowest BCUT2D eigenvalue weighted by molar-refractivity contribution is -0.0204. The zero-order valence-corrected chi connectivity index (χ0v) is 27.0. The minimum atomic E-state index is 0.103. The van der Waals surface area contributed by atoms with E-state index >= 15 is 0 Å². The molecule has 10 rings (SSSR count). The molecule has 3 unspecified atom stereocenters. The maximum atomic E-state index is 14.1. The van der Waals surface area contributed by atoms with Crippen LogP contribution in [-0.4, -0.2) is 72.7 Å². The van der Waals surface area contributed by atoms with Crippen LogP contribution < -0.4 is 9.64 Å². The summed E-state index contributed by atoms with van der Waals surface area (Å²) in [7, 11) is 1.70. The van der Waals surface area contributed by atoms with Crippen LogP contribution in [0.25, 0.3) is 33.6 Å². The van der Waals surface area contributed by atoms with E-state index < -0.39 is 0 Å². The number of nitrogens with zero attached hydrogens (tertiary/aromatic N) is 9. The summed E-state index contributed by atoms with van der Waals surface area (Å²) in [5.74, 6) is 5.51. The number of piperidine rings is 1. The Morgan fingerprint density at radius 3 is 2.67 bits per heavy atom. The van der Waals surface area contributed by atoms with Crippen molar-refractivity contribution in [2.24, 2.45) is 23.7 Å². The van der Waals surface area contributed by atoms with Crippen molar-refractivity contribution >= 4 is 33.8 Å². The number of pyridine rings is 1. The Morgan fingerprint density at radius 1 is 1.02 bits per heavy atom. The summed E-state index contributed by atoms with van der Waals surface area (Å²) in [5, 5.41) is 10.5. The number of nitriles is 1. The molecule has 2 aliphatic heterocycles. The molecule has 5 aromatic rings. The Bertz CT molecular complexity index is 2150. The smallest absolute Gasteiger partial charge is 0.254 e. The molecular weight excluding hydrogens is 602 g/mol. The van der Waals surface area contributed by atoms with Crippen molar-refractivity contribution in [3.05, 3.63) is 60.2 Å². The predicted octanol–water partition coefficient (Wildman–Crippen LogP) is 5.46. The molecule has 6 heterocycles. The first-order valence-electron chi connectivity index (χ1n) is 17.4. The second kappa shape index (κ2) is 10.5. The molecule has 5 fully saturated rings. The number of imidazole rings is 1. The number of carbonyl (C=O) groups is 1. The molecule has 5 aliphatic rings. The van der Waals surface area contributed by atoms with Crippen molar-refractivity contribution in [2.45, 2.75) is 57.2 Å². The molecular formula is C37H37N9O2. The fraction of sp³-hybridized carbons (Fsp3) is 0.459. The number of anilines is 1. The van der Waals surface area contributed by atoms with Gasteiger partial charge in [-0.3, -0.25) is 4.79 Å². The molecule has 2 saturated heterocycles. The topological polar surface area (TPSA) is 118 Å². The van der Waals surface area contributed by atoms with Gasteiger partial charge in [0, 0.05) is 61.6 Å². The quantitative estimate of drug-likeness (QED) is 0.231. The second-order valence-corrected chi connectivity index (χ2v) is 14.5. The van der Waals surface area contributed by atoms with Gasteiger partial charge in [-0.2, -0.15) is 5.26 Å². The minimum Gasteiger partial charge on any atom is -0.494 e. The Morgan fingerprint density at radius 2 is 1.90 bits per heavy atom. The number of likely N-dealkylation sites (tertiary alicyclic amines) is 1. The van der Waals surface area contributed by atoms with Gasteiger partial charge in [0.05, 0.1) is 18.3 Å². The van der Waals surface area contributed by atoms with Crippen LogP contribution in [0.15, 0.2) is 48.8 Å². The fourth-order valence-corrected chi connectivity index (χ4v) is 9.32. The third kappa shape index (κ3) is 4.20. The fourth-order valence-electron chi connectivity index (χ4n) is 9.32. The summed E-state index contributed by atoms with van der Waals surface area (Å²) in [4.78, 5) is 37.2. The number of hydrogen-bond acceptors (Lipinski definition) is 8. The highest BCUT2D eigenvalue weighted by Gasteiger charge is 2.61. The number of carbonyl (C=O) groups excluding carboxylic acids is 1. The number of aromatic nitrogens is 6. The van der Waals surface area contributed by atoms with Gasteiger partial charge in [0.15, 0.2) is 5.82 Å². The molecule has 48 heavy (non-hydrogen) atoms. The normalized spacial score (nSPS) is 24.8. The molecule has 1 amide bonds. The third-order valence-corrected chi connectivity index (χ3v) is 11.9. The van der Waals surface area contributed by atoms with Gasteiger partial charge in [0.25, 0.3) is 5.91 Å². The van der Waals surface area contributed by atoms with Crippen LogP contribution in [0.4, 0.5) is 5.82 Å². The van der Waals surface area contributed by atoms with Gasteiger partial charge in [0.2, 0.25) is 5.82 Å². The number of fused-ring (bicyclic) bond motifs is 2. The number of amides is 1. The number of methoxy groups -OCH3 is 1. The summed E-state index contributed by atoms with van der Waals surface area (Å²) in [6, 6.07) is 14.8. The van der Waals surface area contributed by atoms with Gasteiger partial charge in [-0.05, 0) is 98.6 Å². The van der Waals surface area contributed by atoms with Crippen molar-refractivity contribution in [1.82, 2.24) is 34.0 Å². The van der Waals surface area contributed by atoms with Crippen molar-refractivity contribution in [3.63, 3.8) is 0 Å². The molecule has 0 N–H and O–H groups in total. The third-order valence-electron chi connectivity index (χ3n) is 11.9. The second-order valence-electron chi connectivity index (χ2n) is 14.5. The average molecular weight is 640 g/mol. The van der Waals surface area contributed by atoms with E-state index in [1.807, 2.05) is 30.5 Å². The van der Waals surface area contributed by atoms with E-state index in [4.69, 9.17) is 14.7 Å². The predicted molar refractivity (Wildman–Crippen MR) is 179 cm³/mol. The molecule has 11 nitrogen and oxygen atoms in total. The summed E-state index contributed by atoms with van der Waals surface area (Å²) in [6.07, 6.45) is 10.1. The van der Waals surface area contributed by atoms with Gasteiger partial charge in [-0.15, -0.1) is 0 Å². The van der Waals surface area contributed by atoms with Gasteiger partial charge in [-0.1, -0.05) is 0 Å². The van der Waals surface area contributed by atoms with Gasteiger partial charge in [-0.25, -0.2) is 19.9 Å². The Hall–Kier alpha value is -4.98. The van der Waals surface area contributed by atoms with E-state index in [2.05, 4.69) is 47.1 Å². The summed E-state index contributed by atoms with van der Waals surface area (Å²) < 4.78 is 10.9. The lowest BCUT2D eigenvalue weighted by Gasteiger charge is -2.52. The largest absolute Gasteiger partial charge is 0.494 e. The van der Waals surface area contributed by atoms with Crippen LogP contribution in [0.1, 0.15) is 60.7 Å². The Labute approximate surface area is 278 Å². The average Bonchev–Trinajstić information content (AvgIpc) is 3.75. The van der Waals surface area contributed by atoms with E-state index in [1.54, 1.807) is 13.3 Å². The zero-order chi connectivity index (χ0) is 32.1. The van der Waals surface area contributed by atoms with Crippen LogP contribution in [0.3, 0.4) is 0 Å². The molecule has 11 heteroatoms. The first-order chi connectivity index (χ1) is 23.6. The van der Waals surface area contributed by atoms with E-state index in [9.17, 15) is 10.1 Å². The molecule has 0 radical (unpaired) electrons. The van der Waals surface area contributed by atoms with Crippen molar-refractivity contribution in [2.75, 3.05) is 31.6 Å². The van der Waals surface area contributed by atoms with E-state index in [0.717, 1.165) is 90.8 Å². The highest BCUT2D eigenvalue weighted by atomic mass is 16.5. The van der Waals surface area contributed by atoms with Gasteiger partial charge in [0.1, 0.15) is 28.8 Å². The van der Waals surface area contributed by atoms with Crippen LogP contribution in [0, 0.1) is 35.0 Å². The Balaban J connectivity index is 1.09. The maximum Gasteiger partial charge on any atom is 0.254 e. The van der Waals surface area contributed by atoms with Crippen LogP contribution in [0.5, 0.6) is 5.75 Å². The standard InChI is InChI=1S/C37H37N9O2/c1-48-30-17-24(37(47)45-20-25-13-23-16-28(45)33(23)25)14-27-34(30)46(26-7-11-43(12-8-26)32-6-10-39-31(18-38)42-32)36(41-27)29-15-22-3-2-9-40-35(22)44(29)19-21-4-5-21/h2-3,6,9-10,14-15,17,21,23,25-26,28,33H,4-5,7-8,11-13,16,19-20H2,1H3/t23?,25?,28?,33-/m1/s1. The monoisotopic (exact) mass is 639 g/mol.